The molecule has 1 atom stereocenters. The lowest BCUT2D eigenvalue weighted by Gasteiger charge is -2.07. The summed E-state index contributed by atoms with van der Waals surface area (Å²) in [5, 5.41) is 4.42. The second-order valence-corrected chi connectivity index (χ2v) is 4.20. The zero-order valence-corrected chi connectivity index (χ0v) is 10.0. The van der Waals surface area contributed by atoms with Crippen molar-refractivity contribution in [1.29, 1.82) is 0 Å². The van der Waals surface area contributed by atoms with E-state index in [1.54, 1.807) is 0 Å². The van der Waals surface area contributed by atoms with Crippen LogP contribution in [-0.4, -0.2) is 15.7 Å². The summed E-state index contributed by atoms with van der Waals surface area (Å²) in [5.74, 6) is 1.34. The summed E-state index contributed by atoms with van der Waals surface area (Å²) in [4.78, 5) is 0. The predicted octanol–water partition coefficient (Wildman–Crippen LogP) is 3.02. The number of alkyl halides is 1. The third-order valence-electron chi connectivity index (χ3n) is 2.44. The Labute approximate surface area is 91.3 Å². The zero-order chi connectivity index (χ0) is 10.6. The molecule has 0 fully saturated rings. The summed E-state index contributed by atoms with van der Waals surface area (Å²) < 4.78 is 2.08. The molecule has 14 heavy (non-hydrogen) atoms. The minimum absolute atomic E-state index is 0.595. The van der Waals surface area contributed by atoms with E-state index in [1.807, 2.05) is 6.92 Å². The fourth-order valence-electron chi connectivity index (χ4n) is 1.55. The number of aromatic nitrogens is 2. The molecular weight excluding hydrogens is 196 g/mol. The van der Waals surface area contributed by atoms with Crippen molar-refractivity contribution in [1.82, 2.24) is 9.78 Å². The monoisotopic (exact) mass is 214 g/mol. The highest BCUT2D eigenvalue weighted by Crippen LogP contribution is 2.12. The van der Waals surface area contributed by atoms with Gasteiger partial charge in [0.25, 0.3) is 0 Å². The van der Waals surface area contributed by atoms with Crippen LogP contribution in [0.5, 0.6) is 0 Å². The molecule has 0 N–H and O–H groups in total. The Balaban J connectivity index is 2.57. The Morgan fingerprint density at radius 2 is 2.29 bits per heavy atom. The lowest BCUT2D eigenvalue weighted by Crippen LogP contribution is -2.05. The molecule has 0 aromatic carbocycles. The fraction of sp³-hybridized carbons (Fsp3) is 0.727. The van der Waals surface area contributed by atoms with Crippen molar-refractivity contribution in [3.05, 3.63) is 17.5 Å². The van der Waals surface area contributed by atoms with Crippen LogP contribution in [0.25, 0.3) is 0 Å². The third-order valence-corrected chi connectivity index (χ3v) is 2.97. The van der Waals surface area contributed by atoms with Crippen molar-refractivity contribution < 1.29 is 0 Å². The van der Waals surface area contributed by atoms with Gasteiger partial charge in [0.15, 0.2) is 0 Å². The Morgan fingerprint density at radius 1 is 1.57 bits per heavy atom. The van der Waals surface area contributed by atoms with Gasteiger partial charge in [0.2, 0.25) is 0 Å². The first-order chi connectivity index (χ1) is 6.67. The Hall–Kier alpha value is -0.500. The number of hydrogen-bond donors (Lipinski definition) is 0. The maximum atomic E-state index is 5.77. The van der Waals surface area contributed by atoms with Gasteiger partial charge in [-0.25, -0.2) is 0 Å². The lowest BCUT2D eigenvalue weighted by molar-refractivity contribution is 0.551. The standard InChI is InChI=1S/C11H19ClN2/c1-4-14-11(7-10(3)13-14)6-5-9(2)8-12/h7,9H,4-6,8H2,1-3H3. The quantitative estimate of drug-likeness (QED) is 0.689. The molecule has 3 heteroatoms. The molecular formula is C11H19ClN2. The van der Waals surface area contributed by atoms with Crippen LogP contribution in [0.15, 0.2) is 6.07 Å². The van der Waals surface area contributed by atoms with Gasteiger partial charge in [0.1, 0.15) is 0 Å². The normalized spacial score (nSPS) is 13.1. The molecule has 0 saturated heterocycles. The minimum atomic E-state index is 0.595. The summed E-state index contributed by atoms with van der Waals surface area (Å²) in [6.07, 6.45) is 2.23. The summed E-state index contributed by atoms with van der Waals surface area (Å²) in [5.41, 5.74) is 2.45. The minimum Gasteiger partial charge on any atom is -0.270 e. The van der Waals surface area contributed by atoms with Crippen LogP contribution >= 0.6 is 11.6 Å². The van der Waals surface area contributed by atoms with Crippen LogP contribution < -0.4 is 0 Å². The number of nitrogens with zero attached hydrogens (tertiary/aromatic N) is 2. The van der Waals surface area contributed by atoms with Gasteiger partial charge >= 0.3 is 0 Å². The molecule has 0 saturated carbocycles. The molecule has 0 bridgehead atoms. The highest BCUT2D eigenvalue weighted by atomic mass is 35.5. The average Bonchev–Trinajstić information content (AvgIpc) is 2.55. The summed E-state index contributed by atoms with van der Waals surface area (Å²) in [7, 11) is 0. The molecule has 80 valence electrons. The number of rotatable bonds is 5. The van der Waals surface area contributed by atoms with Crippen molar-refractivity contribution in [2.45, 2.75) is 40.2 Å². The van der Waals surface area contributed by atoms with Crippen LogP contribution in [0, 0.1) is 12.8 Å². The van der Waals surface area contributed by atoms with Gasteiger partial charge < -0.3 is 0 Å². The Morgan fingerprint density at radius 3 is 2.86 bits per heavy atom. The van der Waals surface area contributed by atoms with Crippen LogP contribution in [0.3, 0.4) is 0 Å². The number of aryl methyl sites for hydroxylation is 3. The molecule has 1 unspecified atom stereocenters. The van der Waals surface area contributed by atoms with Crippen molar-refractivity contribution in [2.24, 2.45) is 5.92 Å². The van der Waals surface area contributed by atoms with Gasteiger partial charge in [-0.1, -0.05) is 6.92 Å². The van der Waals surface area contributed by atoms with Crippen LogP contribution in [0.2, 0.25) is 0 Å². The summed E-state index contributed by atoms with van der Waals surface area (Å²) in [6, 6.07) is 2.17. The molecule has 0 aliphatic heterocycles. The Kier molecular flexibility index (Phi) is 4.46. The smallest absolute Gasteiger partial charge is 0.0596 e. The largest absolute Gasteiger partial charge is 0.270 e. The molecule has 0 amide bonds. The van der Waals surface area contributed by atoms with Crippen molar-refractivity contribution in [2.75, 3.05) is 5.88 Å². The second kappa shape index (κ2) is 5.40. The molecule has 0 aliphatic rings. The van der Waals surface area contributed by atoms with Crippen LogP contribution in [0.1, 0.15) is 31.7 Å². The number of halogens is 1. The fourth-order valence-corrected chi connectivity index (χ4v) is 1.70. The number of hydrogen-bond acceptors (Lipinski definition) is 1. The van der Waals surface area contributed by atoms with Gasteiger partial charge in [0, 0.05) is 18.1 Å². The van der Waals surface area contributed by atoms with Gasteiger partial charge in [-0.2, -0.15) is 5.10 Å². The maximum Gasteiger partial charge on any atom is 0.0596 e. The first-order valence-electron chi connectivity index (χ1n) is 5.26. The molecule has 0 spiro atoms. The van der Waals surface area contributed by atoms with E-state index in [2.05, 4.69) is 29.7 Å². The van der Waals surface area contributed by atoms with E-state index in [4.69, 9.17) is 11.6 Å². The van der Waals surface area contributed by atoms with Crippen LogP contribution in [-0.2, 0) is 13.0 Å². The average molecular weight is 215 g/mol. The third kappa shape index (κ3) is 3.02. The van der Waals surface area contributed by atoms with E-state index in [0.29, 0.717) is 5.92 Å². The van der Waals surface area contributed by atoms with E-state index in [9.17, 15) is 0 Å². The molecule has 1 aromatic rings. The molecule has 1 aromatic heterocycles. The van der Waals surface area contributed by atoms with Crippen molar-refractivity contribution in [3.8, 4) is 0 Å². The van der Waals surface area contributed by atoms with E-state index >= 15 is 0 Å². The maximum absolute atomic E-state index is 5.77. The predicted molar refractivity (Wildman–Crippen MR) is 60.8 cm³/mol. The van der Waals surface area contributed by atoms with Crippen molar-refractivity contribution in [3.63, 3.8) is 0 Å². The molecule has 0 aliphatic carbocycles. The topological polar surface area (TPSA) is 17.8 Å². The lowest BCUT2D eigenvalue weighted by atomic mass is 10.1. The molecule has 1 heterocycles. The zero-order valence-electron chi connectivity index (χ0n) is 9.26. The Bertz CT molecular complexity index is 281. The van der Waals surface area contributed by atoms with Gasteiger partial charge in [-0.3, -0.25) is 4.68 Å². The summed E-state index contributed by atoms with van der Waals surface area (Å²) in [6.45, 7) is 7.31. The van der Waals surface area contributed by atoms with Crippen LogP contribution in [0.4, 0.5) is 0 Å². The van der Waals surface area contributed by atoms with Crippen molar-refractivity contribution >= 4 is 11.6 Å². The highest BCUT2D eigenvalue weighted by Gasteiger charge is 2.06. The van der Waals surface area contributed by atoms with Gasteiger partial charge in [-0.05, 0) is 38.7 Å². The van der Waals surface area contributed by atoms with E-state index in [1.165, 1.54) is 5.69 Å². The van der Waals surface area contributed by atoms with E-state index in [0.717, 1.165) is 31.0 Å². The van der Waals surface area contributed by atoms with Gasteiger partial charge in [-0.15, -0.1) is 11.6 Å². The summed E-state index contributed by atoms with van der Waals surface area (Å²) >= 11 is 5.77. The molecule has 0 radical (unpaired) electrons. The first-order valence-corrected chi connectivity index (χ1v) is 5.80. The molecule has 1 rings (SSSR count). The van der Waals surface area contributed by atoms with E-state index < -0.39 is 0 Å². The van der Waals surface area contributed by atoms with Gasteiger partial charge in [0.05, 0.1) is 5.69 Å². The van der Waals surface area contributed by atoms with E-state index in [-0.39, 0.29) is 0 Å². The highest BCUT2D eigenvalue weighted by molar-refractivity contribution is 6.18. The SMILES string of the molecule is CCn1nc(C)cc1CCC(C)CCl. The second-order valence-electron chi connectivity index (χ2n) is 3.89. The first kappa shape index (κ1) is 11.6. The molecule has 2 nitrogen and oxygen atoms in total.